The van der Waals surface area contributed by atoms with Gasteiger partial charge in [-0.15, -0.1) is 11.8 Å². The molecule has 1 N–H and O–H groups in total. The van der Waals surface area contributed by atoms with Crippen LogP contribution in [0.4, 0.5) is 4.39 Å². The Kier molecular flexibility index (Phi) is 3.52. The largest absolute Gasteiger partial charge is 0.481 e. The van der Waals surface area contributed by atoms with Crippen LogP contribution in [0.3, 0.4) is 0 Å². The fraction of sp³-hybridized carbons (Fsp3) is 0.300. The second kappa shape index (κ2) is 4.46. The quantitative estimate of drug-likeness (QED) is 0.786. The summed E-state index contributed by atoms with van der Waals surface area (Å²) in [5.41, 5.74) is 0.232. The van der Waals surface area contributed by atoms with E-state index >= 15 is 0 Å². The van der Waals surface area contributed by atoms with Crippen LogP contribution in [-0.2, 0) is 4.79 Å². The number of hydrogen-bond donors (Lipinski definition) is 1. The molecule has 1 unspecified atom stereocenters. The molecule has 14 heavy (non-hydrogen) atoms. The summed E-state index contributed by atoms with van der Waals surface area (Å²) in [6.07, 6.45) is 1.84. The molecule has 0 heterocycles. The number of rotatable bonds is 3. The molecular formula is C10H11FO2S. The summed E-state index contributed by atoms with van der Waals surface area (Å²) in [6.45, 7) is 1.47. The molecule has 1 aromatic rings. The topological polar surface area (TPSA) is 37.3 Å². The summed E-state index contributed by atoms with van der Waals surface area (Å²) in [5.74, 6) is -2.27. The first kappa shape index (κ1) is 11.0. The normalized spacial score (nSPS) is 12.5. The maximum absolute atomic E-state index is 13.4. The van der Waals surface area contributed by atoms with Gasteiger partial charge in [-0.3, -0.25) is 4.79 Å². The van der Waals surface area contributed by atoms with Crippen LogP contribution in [-0.4, -0.2) is 17.3 Å². The highest BCUT2D eigenvalue weighted by atomic mass is 32.2. The average Bonchev–Trinajstić information content (AvgIpc) is 2.16. The molecule has 0 aromatic heterocycles. The van der Waals surface area contributed by atoms with Gasteiger partial charge in [0, 0.05) is 10.5 Å². The van der Waals surface area contributed by atoms with Gasteiger partial charge in [0.1, 0.15) is 5.82 Å². The highest BCUT2D eigenvalue weighted by molar-refractivity contribution is 7.98. The highest BCUT2D eigenvalue weighted by Gasteiger charge is 2.17. The zero-order chi connectivity index (χ0) is 10.7. The number of aliphatic carboxylic acids is 1. The van der Waals surface area contributed by atoms with Gasteiger partial charge in [-0.05, 0) is 25.3 Å². The van der Waals surface area contributed by atoms with Gasteiger partial charge in [-0.25, -0.2) is 4.39 Å². The zero-order valence-corrected chi connectivity index (χ0v) is 8.77. The Morgan fingerprint density at radius 2 is 2.21 bits per heavy atom. The summed E-state index contributed by atoms with van der Waals surface area (Å²) < 4.78 is 13.4. The van der Waals surface area contributed by atoms with Crippen LogP contribution in [0, 0.1) is 5.82 Å². The van der Waals surface area contributed by atoms with Gasteiger partial charge in [0.05, 0.1) is 5.92 Å². The van der Waals surface area contributed by atoms with Gasteiger partial charge in [0.15, 0.2) is 0 Å². The lowest BCUT2D eigenvalue weighted by Gasteiger charge is -2.08. The van der Waals surface area contributed by atoms with Crippen molar-refractivity contribution in [1.29, 1.82) is 0 Å². The molecule has 0 spiro atoms. The van der Waals surface area contributed by atoms with E-state index in [0.717, 1.165) is 4.90 Å². The SMILES string of the molecule is CSc1ccc(C(C)C(=O)O)c(F)c1. The summed E-state index contributed by atoms with van der Waals surface area (Å²) in [7, 11) is 0. The van der Waals surface area contributed by atoms with Crippen molar-refractivity contribution < 1.29 is 14.3 Å². The number of carbonyl (C=O) groups is 1. The molecule has 0 aliphatic carbocycles. The van der Waals surface area contributed by atoms with E-state index in [4.69, 9.17) is 5.11 Å². The number of benzene rings is 1. The molecule has 4 heteroatoms. The van der Waals surface area contributed by atoms with Crippen LogP contribution in [0.2, 0.25) is 0 Å². The van der Waals surface area contributed by atoms with Gasteiger partial charge in [0.25, 0.3) is 0 Å². The minimum absolute atomic E-state index is 0.232. The molecule has 0 radical (unpaired) electrons. The van der Waals surface area contributed by atoms with Gasteiger partial charge >= 0.3 is 5.97 Å². The van der Waals surface area contributed by atoms with Crippen molar-refractivity contribution >= 4 is 17.7 Å². The summed E-state index contributed by atoms with van der Waals surface area (Å²) in [6, 6.07) is 4.61. The number of thioether (sulfide) groups is 1. The van der Waals surface area contributed by atoms with E-state index < -0.39 is 17.7 Å². The van der Waals surface area contributed by atoms with Crippen LogP contribution < -0.4 is 0 Å². The van der Waals surface area contributed by atoms with E-state index in [1.807, 2.05) is 6.26 Å². The van der Waals surface area contributed by atoms with Crippen molar-refractivity contribution in [3.05, 3.63) is 29.6 Å². The lowest BCUT2D eigenvalue weighted by Crippen LogP contribution is -2.09. The molecule has 0 saturated heterocycles. The monoisotopic (exact) mass is 214 g/mol. The Labute approximate surface area is 86.1 Å². The summed E-state index contributed by atoms with van der Waals surface area (Å²) in [4.78, 5) is 11.4. The lowest BCUT2D eigenvalue weighted by atomic mass is 10.0. The first-order chi connectivity index (χ1) is 6.56. The van der Waals surface area contributed by atoms with Crippen molar-refractivity contribution in [2.24, 2.45) is 0 Å². The minimum atomic E-state index is -1.01. The fourth-order valence-electron chi connectivity index (χ4n) is 1.12. The number of hydrogen-bond acceptors (Lipinski definition) is 2. The maximum atomic E-state index is 13.4. The Balaban J connectivity index is 3.05. The number of halogens is 1. The minimum Gasteiger partial charge on any atom is -0.481 e. The average molecular weight is 214 g/mol. The maximum Gasteiger partial charge on any atom is 0.310 e. The third kappa shape index (κ3) is 2.26. The van der Waals surface area contributed by atoms with E-state index in [9.17, 15) is 9.18 Å². The van der Waals surface area contributed by atoms with Crippen LogP contribution in [0.15, 0.2) is 23.1 Å². The molecule has 0 fully saturated rings. The Morgan fingerprint density at radius 3 is 2.64 bits per heavy atom. The zero-order valence-electron chi connectivity index (χ0n) is 7.95. The fourth-order valence-corrected chi connectivity index (χ4v) is 1.54. The molecule has 1 atom stereocenters. The van der Waals surface area contributed by atoms with Crippen molar-refractivity contribution in [3.63, 3.8) is 0 Å². The molecule has 0 aliphatic rings. The van der Waals surface area contributed by atoms with E-state index in [2.05, 4.69) is 0 Å². The molecule has 1 rings (SSSR count). The third-order valence-corrected chi connectivity index (χ3v) is 2.77. The molecule has 0 aliphatic heterocycles. The molecular weight excluding hydrogens is 203 g/mol. The molecule has 1 aromatic carbocycles. The molecule has 0 saturated carbocycles. The van der Waals surface area contributed by atoms with Crippen molar-refractivity contribution in [2.75, 3.05) is 6.26 Å². The van der Waals surface area contributed by atoms with Crippen LogP contribution in [0.5, 0.6) is 0 Å². The summed E-state index contributed by atoms with van der Waals surface area (Å²) >= 11 is 1.42. The highest BCUT2D eigenvalue weighted by Crippen LogP contribution is 2.23. The Hall–Kier alpha value is -1.03. The lowest BCUT2D eigenvalue weighted by molar-refractivity contribution is -0.138. The summed E-state index contributed by atoms with van der Waals surface area (Å²) in [5, 5.41) is 8.71. The first-order valence-electron chi connectivity index (χ1n) is 4.12. The van der Waals surface area contributed by atoms with Gasteiger partial charge in [-0.1, -0.05) is 6.07 Å². The Bertz CT molecular complexity index is 352. The molecule has 76 valence electrons. The standard InChI is InChI=1S/C10H11FO2S/c1-6(10(12)13)8-4-3-7(14-2)5-9(8)11/h3-6H,1-2H3,(H,12,13). The predicted octanol–water partition coefficient (Wildman–Crippen LogP) is 2.74. The van der Waals surface area contributed by atoms with E-state index in [1.54, 1.807) is 6.07 Å². The van der Waals surface area contributed by atoms with Crippen molar-refractivity contribution in [3.8, 4) is 0 Å². The predicted molar refractivity (Wildman–Crippen MR) is 54.2 cm³/mol. The number of carboxylic acid groups (broad SMARTS) is 1. The van der Waals surface area contributed by atoms with Crippen molar-refractivity contribution in [2.45, 2.75) is 17.7 Å². The van der Waals surface area contributed by atoms with Gasteiger partial charge in [0.2, 0.25) is 0 Å². The molecule has 2 nitrogen and oxygen atoms in total. The number of carboxylic acids is 1. The van der Waals surface area contributed by atoms with Crippen LogP contribution in [0.1, 0.15) is 18.4 Å². The van der Waals surface area contributed by atoms with Crippen LogP contribution in [0.25, 0.3) is 0 Å². The third-order valence-electron chi connectivity index (χ3n) is 2.04. The second-order valence-electron chi connectivity index (χ2n) is 2.95. The van der Waals surface area contributed by atoms with Crippen molar-refractivity contribution in [1.82, 2.24) is 0 Å². The molecule has 0 bridgehead atoms. The van der Waals surface area contributed by atoms with Gasteiger partial charge in [-0.2, -0.15) is 0 Å². The first-order valence-corrected chi connectivity index (χ1v) is 5.35. The van der Waals surface area contributed by atoms with Gasteiger partial charge < -0.3 is 5.11 Å². The van der Waals surface area contributed by atoms with E-state index in [0.29, 0.717) is 0 Å². The van der Waals surface area contributed by atoms with Crippen LogP contribution >= 0.6 is 11.8 Å². The second-order valence-corrected chi connectivity index (χ2v) is 3.83. The Morgan fingerprint density at radius 1 is 1.57 bits per heavy atom. The smallest absolute Gasteiger partial charge is 0.310 e. The molecule has 0 amide bonds. The van der Waals surface area contributed by atoms with E-state index in [1.165, 1.54) is 30.8 Å². The van der Waals surface area contributed by atoms with E-state index in [-0.39, 0.29) is 5.56 Å².